The topological polar surface area (TPSA) is 72.4 Å². The molecular weight excluding hydrogens is 472 g/mol. The standard InChI is InChI=1S/C10H6N3.C6H5NO2.Ir/c1-11-9-4-2-5-10(8-9)13-7-3-6-12-13;8-6(9)5-3-1-2-4-7-5;/h2-4,6-8H;1-4H,(H,8,9);/q-1;;. The van der Waals surface area contributed by atoms with Gasteiger partial charge in [-0.1, -0.05) is 11.8 Å². The van der Waals surface area contributed by atoms with E-state index in [9.17, 15) is 4.79 Å². The summed E-state index contributed by atoms with van der Waals surface area (Å²) >= 11 is 0. The summed E-state index contributed by atoms with van der Waals surface area (Å²) in [6.45, 7) is 6.85. The van der Waals surface area contributed by atoms with Crippen molar-refractivity contribution in [3.63, 3.8) is 0 Å². The minimum Gasteiger partial charge on any atom is -0.477 e. The van der Waals surface area contributed by atoms with Gasteiger partial charge in [-0.25, -0.2) is 9.78 Å². The Labute approximate surface area is 146 Å². The molecule has 2 heterocycles. The van der Waals surface area contributed by atoms with Gasteiger partial charge in [0.25, 0.3) is 0 Å². The molecule has 0 aliphatic heterocycles. The zero-order chi connectivity index (χ0) is 15.8. The molecule has 3 rings (SSSR count). The number of rotatable bonds is 2. The Bertz CT molecular complexity index is 783. The third-order valence-electron chi connectivity index (χ3n) is 2.53. The molecule has 0 fully saturated rings. The molecule has 0 bridgehead atoms. The maximum Gasteiger partial charge on any atom is 0.354 e. The maximum absolute atomic E-state index is 10.1. The summed E-state index contributed by atoms with van der Waals surface area (Å²) in [4.78, 5) is 17.0. The van der Waals surface area contributed by atoms with Gasteiger partial charge < -0.3 is 5.11 Å². The molecule has 2 aromatic heterocycles. The summed E-state index contributed by atoms with van der Waals surface area (Å²) in [5, 5.41) is 12.4. The fraction of sp³-hybridized carbons (Fsp3) is 0. The smallest absolute Gasteiger partial charge is 0.354 e. The Morgan fingerprint density at radius 2 is 2.09 bits per heavy atom. The van der Waals surface area contributed by atoms with E-state index in [1.807, 2.05) is 12.3 Å². The molecule has 6 nitrogen and oxygen atoms in total. The molecule has 0 saturated heterocycles. The van der Waals surface area contributed by atoms with Crippen molar-refractivity contribution in [3.05, 3.63) is 84.2 Å². The minimum absolute atomic E-state index is 0. The van der Waals surface area contributed by atoms with Crippen LogP contribution in [0.25, 0.3) is 10.5 Å². The van der Waals surface area contributed by atoms with Crippen molar-refractivity contribution in [1.82, 2.24) is 14.8 Å². The average molecular weight is 484 g/mol. The quantitative estimate of drug-likeness (QED) is 0.569. The number of hydrogen-bond donors (Lipinski definition) is 1. The second-order valence-corrected chi connectivity index (χ2v) is 4.01. The number of hydrogen-bond acceptors (Lipinski definition) is 3. The minimum atomic E-state index is -0.990. The number of carbonyl (C=O) groups is 1. The number of carboxylic acids is 1. The summed E-state index contributed by atoms with van der Waals surface area (Å²) in [6, 6.07) is 14.8. The molecule has 0 unspecified atom stereocenters. The first-order valence-corrected chi connectivity index (χ1v) is 6.24. The molecule has 0 amide bonds. The molecule has 3 aromatic rings. The monoisotopic (exact) mass is 484 g/mol. The number of pyridine rings is 1. The molecule has 23 heavy (non-hydrogen) atoms. The van der Waals surface area contributed by atoms with E-state index in [-0.39, 0.29) is 25.8 Å². The third-order valence-corrected chi connectivity index (χ3v) is 2.53. The Morgan fingerprint density at radius 1 is 1.26 bits per heavy atom. The fourth-order valence-electron chi connectivity index (χ4n) is 1.54. The molecule has 0 aliphatic carbocycles. The molecule has 1 N–H and O–H groups in total. The van der Waals surface area contributed by atoms with Crippen molar-refractivity contribution in [2.24, 2.45) is 0 Å². The van der Waals surface area contributed by atoms with Crippen molar-refractivity contribution in [1.29, 1.82) is 0 Å². The van der Waals surface area contributed by atoms with Gasteiger partial charge in [-0.3, -0.25) is 9.53 Å². The summed E-state index contributed by atoms with van der Waals surface area (Å²) < 4.78 is 1.68. The van der Waals surface area contributed by atoms with Crippen LogP contribution < -0.4 is 0 Å². The average Bonchev–Trinajstić information content (AvgIpc) is 3.11. The van der Waals surface area contributed by atoms with E-state index in [0.717, 1.165) is 5.69 Å². The van der Waals surface area contributed by atoms with Gasteiger partial charge in [0, 0.05) is 38.7 Å². The van der Waals surface area contributed by atoms with Crippen LogP contribution in [0.2, 0.25) is 0 Å². The van der Waals surface area contributed by atoms with Crippen LogP contribution in [0.3, 0.4) is 0 Å². The molecular formula is C16H11IrN4O2-. The molecule has 0 saturated carbocycles. The fourth-order valence-corrected chi connectivity index (χ4v) is 1.54. The number of nitrogens with zero attached hydrogens (tertiary/aromatic N) is 4. The van der Waals surface area contributed by atoms with E-state index in [1.165, 1.54) is 12.3 Å². The molecule has 117 valence electrons. The predicted molar refractivity (Wildman–Crippen MR) is 79.9 cm³/mol. The molecule has 1 radical (unpaired) electrons. The predicted octanol–water partition coefficient (Wildman–Crippen LogP) is 3.00. The van der Waals surface area contributed by atoms with E-state index in [2.05, 4.69) is 21.0 Å². The normalized spacial score (nSPS) is 8.83. The van der Waals surface area contributed by atoms with Gasteiger partial charge in [-0.2, -0.15) is 23.3 Å². The number of carboxylic acid groups (broad SMARTS) is 1. The van der Waals surface area contributed by atoms with E-state index in [0.29, 0.717) is 5.69 Å². The Hall–Kier alpha value is -2.81. The second kappa shape index (κ2) is 9.26. The summed E-state index contributed by atoms with van der Waals surface area (Å²) in [6.07, 6.45) is 4.96. The summed E-state index contributed by atoms with van der Waals surface area (Å²) in [5.74, 6) is -0.990. The number of aromatic carboxylic acids is 1. The van der Waals surface area contributed by atoms with Crippen LogP contribution in [0.15, 0.2) is 61.1 Å². The summed E-state index contributed by atoms with van der Waals surface area (Å²) in [5.41, 5.74) is 1.47. The van der Waals surface area contributed by atoms with Gasteiger partial charge in [-0.15, -0.1) is 6.07 Å². The van der Waals surface area contributed by atoms with Crippen LogP contribution in [0, 0.1) is 12.6 Å². The van der Waals surface area contributed by atoms with Gasteiger partial charge in [0.1, 0.15) is 5.69 Å². The first-order valence-electron chi connectivity index (χ1n) is 6.24. The van der Waals surface area contributed by atoms with Crippen molar-refractivity contribution in [3.8, 4) is 5.69 Å². The SMILES string of the molecule is O=C(O)c1ccccn1.[C-]#[N+]c1cc[c-]c(-n2cccn2)c1.[Ir]. The van der Waals surface area contributed by atoms with Gasteiger partial charge in [0.2, 0.25) is 0 Å². The molecule has 1 aromatic carbocycles. The Morgan fingerprint density at radius 3 is 2.61 bits per heavy atom. The van der Waals surface area contributed by atoms with E-state index in [4.69, 9.17) is 11.7 Å². The van der Waals surface area contributed by atoms with E-state index in [1.54, 1.807) is 41.2 Å². The second-order valence-electron chi connectivity index (χ2n) is 4.01. The van der Waals surface area contributed by atoms with Crippen LogP contribution in [-0.2, 0) is 20.1 Å². The third kappa shape index (κ3) is 5.47. The van der Waals surface area contributed by atoms with Crippen LogP contribution in [0.4, 0.5) is 5.69 Å². The number of benzene rings is 1. The first kappa shape index (κ1) is 18.2. The Balaban J connectivity index is 0.000000235. The van der Waals surface area contributed by atoms with Crippen LogP contribution in [0.5, 0.6) is 0 Å². The maximum atomic E-state index is 10.1. The molecule has 7 heteroatoms. The zero-order valence-corrected chi connectivity index (χ0v) is 14.1. The van der Waals surface area contributed by atoms with Crippen molar-refractivity contribution >= 4 is 11.7 Å². The zero-order valence-electron chi connectivity index (χ0n) is 11.8. The van der Waals surface area contributed by atoms with E-state index >= 15 is 0 Å². The van der Waals surface area contributed by atoms with E-state index < -0.39 is 5.97 Å². The van der Waals surface area contributed by atoms with Gasteiger partial charge in [-0.05, 0) is 18.2 Å². The van der Waals surface area contributed by atoms with Crippen molar-refractivity contribution < 1.29 is 30.0 Å². The summed E-state index contributed by atoms with van der Waals surface area (Å²) in [7, 11) is 0. The molecule has 0 aliphatic rings. The van der Waals surface area contributed by atoms with Crippen LogP contribution in [0.1, 0.15) is 10.5 Å². The van der Waals surface area contributed by atoms with Crippen molar-refractivity contribution in [2.75, 3.05) is 0 Å². The number of aromatic nitrogens is 3. The van der Waals surface area contributed by atoms with Gasteiger partial charge in [0.15, 0.2) is 0 Å². The van der Waals surface area contributed by atoms with Crippen molar-refractivity contribution in [2.45, 2.75) is 0 Å². The van der Waals surface area contributed by atoms with Gasteiger partial charge >= 0.3 is 5.97 Å². The van der Waals surface area contributed by atoms with Crippen LogP contribution in [-0.4, -0.2) is 25.8 Å². The molecule has 0 spiro atoms. The first-order chi connectivity index (χ1) is 10.7. The molecule has 0 atom stereocenters. The van der Waals surface area contributed by atoms with Crippen LogP contribution >= 0.6 is 0 Å². The largest absolute Gasteiger partial charge is 0.477 e. The Kier molecular flexibility index (Phi) is 7.34. The van der Waals surface area contributed by atoms with Gasteiger partial charge in [0.05, 0.1) is 12.3 Å².